The summed E-state index contributed by atoms with van der Waals surface area (Å²) in [5.41, 5.74) is 0.0917. The van der Waals surface area contributed by atoms with Gasteiger partial charge in [-0.15, -0.1) is 0 Å². The molecule has 0 radical (unpaired) electrons. The summed E-state index contributed by atoms with van der Waals surface area (Å²) < 4.78 is 33.1. The molecule has 0 unspecified atom stereocenters. The highest BCUT2D eigenvalue weighted by Gasteiger charge is 2.45. The molecule has 0 saturated carbocycles. The Bertz CT molecular complexity index is 1280. The maximum atomic E-state index is 12.9. The molecule has 5 atom stereocenters. The van der Waals surface area contributed by atoms with E-state index in [2.05, 4.69) is 0 Å². The number of aryl methyl sites for hydroxylation is 1. The summed E-state index contributed by atoms with van der Waals surface area (Å²) in [6.07, 6.45) is -7.34. The zero-order chi connectivity index (χ0) is 23.4. The fraction of sp³-hybridized carbons (Fsp3) is 0.409. The lowest BCUT2D eigenvalue weighted by atomic mass is 9.99. The average Bonchev–Trinajstić information content (AvgIpc) is 3.28. The fourth-order valence-corrected chi connectivity index (χ4v) is 4.27. The molecule has 3 aromatic rings. The van der Waals surface area contributed by atoms with Crippen LogP contribution in [0.1, 0.15) is 5.56 Å². The molecule has 33 heavy (non-hydrogen) atoms. The van der Waals surface area contributed by atoms with Crippen LogP contribution in [-0.2, 0) is 4.74 Å². The second-order valence-electron chi connectivity index (χ2n) is 7.86. The van der Waals surface area contributed by atoms with E-state index in [1.807, 2.05) is 0 Å². The lowest BCUT2D eigenvalue weighted by Gasteiger charge is -2.39. The molecule has 5 rings (SSSR count). The maximum absolute atomic E-state index is 12.9. The highest BCUT2D eigenvalue weighted by Crippen LogP contribution is 2.45. The number of rotatable bonds is 4. The van der Waals surface area contributed by atoms with Gasteiger partial charge in [0.25, 0.3) is 0 Å². The van der Waals surface area contributed by atoms with Gasteiger partial charge in [-0.2, -0.15) is 0 Å². The molecule has 11 heteroatoms. The summed E-state index contributed by atoms with van der Waals surface area (Å²) in [6, 6.07) is 5.03. The van der Waals surface area contributed by atoms with E-state index >= 15 is 0 Å². The molecule has 2 aliphatic heterocycles. The van der Waals surface area contributed by atoms with E-state index in [1.165, 1.54) is 7.11 Å². The average molecular weight is 462 g/mol. The molecule has 11 nitrogen and oxygen atoms in total. The number of hydrogen-bond acceptors (Lipinski definition) is 11. The van der Waals surface area contributed by atoms with E-state index in [0.717, 1.165) is 0 Å². The van der Waals surface area contributed by atoms with Crippen molar-refractivity contribution >= 4 is 21.7 Å². The van der Waals surface area contributed by atoms with E-state index in [9.17, 15) is 25.2 Å². The Hall–Kier alpha value is -3.09. The normalized spacial score (nSPS) is 26.7. The number of hydrogen-bond donors (Lipinski definition) is 4. The molecule has 4 N–H and O–H groups in total. The Kier molecular flexibility index (Phi) is 5.30. The standard InChI is InChI=1S/C22H22O11/c1-8-5-11(31-22-17(26)16(25)15(24)12(6-23)32-22)19(28-2)20-13(8)9-3-4-10-18(30-7-29-10)14(9)21(27)33-20/h3-5,12,15-17,22-26H,6-7H2,1-2H3/t12-,15-,16+,17-,22-/m1/s1. The Morgan fingerprint density at radius 3 is 2.61 bits per heavy atom. The minimum absolute atomic E-state index is 0.000101. The molecule has 0 aliphatic carbocycles. The van der Waals surface area contributed by atoms with E-state index in [4.69, 9.17) is 28.1 Å². The van der Waals surface area contributed by atoms with Gasteiger partial charge >= 0.3 is 5.63 Å². The highest BCUT2D eigenvalue weighted by molar-refractivity contribution is 6.10. The van der Waals surface area contributed by atoms with Gasteiger partial charge in [-0.1, -0.05) is 0 Å². The van der Waals surface area contributed by atoms with Gasteiger partial charge in [0, 0.05) is 10.8 Å². The first-order valence-corrected chi connectivity index (χ1v) is 10.2. The van der Waals surface area contributed by atoms with Crippen molar-refractivity contribution in [1.29, 1.82) is 0 Å². The Morgan fingerprint density at radius 1 is 1.09 bits per heavy atom. The number of aliphatic hydroxyl groups is 4. The third kappa shape index (κ3) is 3.28. The molecule has 1 fully saturated rings. The van der Waals surface area contributed by atoms with E-state index in [-0.39, 0.29) is 29.3 Å². The van der Waals surface area contributed by atoms with Crippen molar-refractivity contribution in [3.05, 3.63) is 34.2 Å². The van der Waals surface area contributed by atoms with E-state index in [1.54, 1.807) is 25.1 Å². The van der Waals surface area contributed by atoms with Crippen molar-refractivity contribution in [2.75, 3.05) is 20.5 Å². The maximum Gasteiger partial charge on any atom is 0.348 e. The molecule has 0 amide bonds. The van der Waals surface area contributed by atoms with Gasteiger partial charge in [-0.25, -0.2) is 4.79 Å². The zero-order valence-corrected chi connectivity index (χ0v) is 17.7. The first-order valence-electron chi connectivity index (χ1n) is 10.2. The monoisotopic (exact) mass is 462 g/mol. The molecule has 3 heterocycles. The lowest BCUT2D eigenvalue weighted by Crippen LogP contribution is -2.60. The Labute approximate surface area is 186 Å². The zero-order valence-electron chi connectivity index (χ0n) is 17.7. The van der Waals surface area contributed by atoms with Crippen molar-refractivity contribution in [1.82, 2.24) is 0 Å². The molecular formula is C22H22O11. The Balaban J connectivity index is 1.65. The predicted octanol–water partition coefficient (Wildman–Crippen LogP) is 0.171. The van der Waals surface area contributed by atoms with Crippen LogP contribution in [0.25, 0.3) is 21.7 Å². The number of benzene rings is 2. The molecule has 176 valence electrons. The van der Waals surface area contributed by atoms with E-state index < -0.39 is 42.9 Å². The van der Waals surface area contributed by atoms with Crippen LogP contribution < -0.4 is 24.6 Å². The number of methoxy groups -OCH3 is 1. The molecule has 1 saturated heterocycles. The predicted molar refractivity (Wildman–Crippen MR) is 112 cm³/mol. The SMILES string of the molecule is COc1c(O[C@@H]2O[C@H](CO)[C@@H](O)[C@H](O)[C@H]2O)cc(C)c2c1oc(=O)c1c3c(ccc12)OCO3. The second kappa shape index (κ2) is 8.04. The lowest BCUT2D eigenvalue weighted by molar-refractivity contribution is -0.277. The molecule has 0 spiro atoms. The smallest absolute Gasteiger partial charge is 0.348 e. The van der Waals surface area contributed by atoms with Crippen LogP contribution in [-0.4, -0.2) is 71.6 Å². The van der Waals surface area contributed by atoms with Crippen LogP contribution in [0.4, 0.5) is 0 Å². The van der Waals surface area contributed by atoms with Crippen LogP contribution in [0.15, 0.2) is 27.4 Å². The molecule has 1 aromatic heterocycles. The number of fused-ring (bicyclic) bond motifs is 5. The summed E-state index contributed by atoms with van der Waals surface area (Å²) in [6.45, 7) is 1.17. The molecule has 0 bridgehead atoms. The van der Waals surface area contributed by atoms with Crippen LogP contribution in [0.3, 0.4) is 0 Å². The third-order valence-electron chi connectivity index (χ3n) is 5.90. The Morgan fingerprint density at radius 2 is 1.88 bits per heavy atom. The van der Waals surface area contributed by atoms with Crippen LogP contribution in [0.5, 0.6) is 23.0 Å². The van der Waals surface area contributed by atoms with Gasteiger partial charge in [0.15, 0.2) is 22.8 Å². The summed E-state index contributed by atoms with van der Waals surface area (Å²) in [7, 11) is 1.36. The molecular weight excluding hydrogens is 440 g/mol. The first-order chi connectivity index (χ1) is 15.8. The number of ether oxygens (including phenoxy) is 5. The number of aliphatic hydroxyl groups excluding tert-OH is 4. The summed E-state index contributed by atoms with van der Waals surface area (Å²) >= 11 is 0. The molecule has 2 aromatic carbocycles. The minimum Gasteiger partial charge on any atom is -0.490 e. The van der Waals surface area contributed by atoms with Crippen molar-refractivity contribution in [3.8, 4) is 23.0 Å². The van der Waals surface area contributed by atoms with Gasteiger partial charge in [-0.3, -0.25) is 0 Å². The first kappa shape index (κ1) is 21.7. The van der Waals surface area contributed by atoms with Gasteiger partial charge in [-0.05, 0) is 30.7 Å². The van der Waals surface area contributed by atoms with Gasteiger partial charge in [0.2, 0.25) is 18.8 Å². The third-order valence-corrected chi connectivity index (χ3v) is 5.90. The summed E-state index contributed by atoms with van der Waals surface area (Å²) in [5, 5.41) is 41.2. The van der Waals surface area contributed by atoms with Crippen molar-refractivity contribution in [2.24, 2.45) is 0 Å². The van der Waals surface area contributed by atoms with Gasteiger partial charge < -0.3 is 48.5 Å². The quantitative estimate of drug-likeness (QED) is 0.309. The fourth-order valence-electron chi connectivity index (χ4n) is 4.27. The summed E-state index contributed by atoms with van der Waals surface area (Å²) in [5.74, 6) is 0.879. The van der Waals surface area contributed by atoms with Crippen LogP contribution in [0, 0.1) is 6.92 Å². The van der Waals surface area contributed by atoms with E-state index in [0.29, 0.717) is 27.8 Å². The second-order valence-corrected chi connectivity index (χ2v) is 7.86. The van der Waals surface area contributed by atoms with Crippen LogP contribution in [0.2, 0.25) is 0 Å². The van der Waals surface area contributed by atoms with Crippen molar-refractivity contribution in [2.45, 2.75) is 37.6 Å². The van der Waals surface area contributed by atoms with Crippen molar-refractivity contribution in [3.63, 3.8) is 0 Å². The summed E-state index contributed by atoms with van der Waals surface area (Å²) in [4.78, 5) is 12.9. The topological polar surface area (TPSA) is 157 Å². The van der Waals surface area contributed by atoms with Crippen LogP contribution >= 0.6 is 0 Å². The van der Waals surface area contributed by atoms with Gasteiger partial charge in [0.05, 0.1) is 13.7 Å². The highest BCUT2D eigenvalue weighted by atomic mass is 16.7. The minimum atomic E-state index is -1.62. The van der Waals surface area contributed by atoms with Crippen molar-refractivity contribution < 1.29 is 48.5 Å². The van der Waals surface area contributed by atoms with Gasteiger partial charge in [0.1, 0.15) is 29.8 Å². The molecule has 2 aliphatic rings. The largest absolute Gasteiger partial charge is 0.490 e.